The predicted octanol–water partition coefficient (Wildman–Crippen LogP) is 4.41. The van der Waals surface area contributed by atoms with Crippen molar-refractivity contribution in [1.29, 1.82) is 0 Å². The average Bonchev–Trinajstić information content (AvgIpc) is 3.24. The van der Waals surface area contributed by atoms with Gasteiger partial charge in [-0.25, -0.2) is 0 Å². The molecular formula is C16H22BrNO. The largest absolute Gasteiger partial charge is 0.490 e. The molecule has 0 atom stereocenters. The predicted molar refractivity (Wildman–Crippen MR) is 81.5 cm³/mol. The first kappa shape index (κ1) is 13.4. The van der Waals surface area contributed by atoms with Crippen LogP contribution in [-0.2, 0) is 6.54 Å². The van der Waals surface area contributed by atoms with Crippen molar-refractivity contribution in [3.63, 3.8) is 0 Å². The van der Waals surface area contributed by atoms with E-state index in [0.29, 0.717) is 6.10 Å². The molecule has 104 valence electrons. The average molecular weight is 324 g/mol. The van der Waals surface area contributed by atoms with Gasteiger partial charge in [0, 0.05) is 22.6 Å². The van der Waals surface area contributed by atoms with Gasteiger partial charge >= 0.3 is 0 Å². The number of benzene rings is 1. The fraction of sp³-hybridized carbons (Fsp3) is 0.625. The molecule has 2 aliphatic rings. The monoisotopic (exact) mass is 323 g/mol. The second kappa shape index (κ2) is 6.27. The number of nitrogens with one attached hydrogen (secondary N) is 1. The summed E-state index contributed by atoms with van der Waals surface area (Å²) in [5.41, 5.74) is 1.28. The minimum absolute atomic E-state index is 0.426. The van der Waals surface area contributed by atoms with Crippen molar-refractivity contribution in [2.75, 3.05) is 0 Å². The van der Waals surface area contributed by atoms with Gasteiger partial charge in [-0.2, -0.15) is 0 Å². The molecule has 0 aromatic heterocycles. The summed E-state index contributed by atoms with van der Waals surface area (Å²) in [5.74, 6) is 1.07. The first-order valence-corrected chi connectivity index (χ1v) is 8.29. The SMILES string of the molecule is Brc1ccc(OC2CCCCC2)c(CNC2CC2)c1. The molecule has 2 fully saturated rings. The van der Waals surface area contributed by atoms with E-state index in [1.807, 2.05) is 0 Å². The first-order valence-electron chi connectivity index (χ1n) is 7.50. The van der Waals surface area contributed by atoms with Gasteiger partial charge in [0.05, 0.1) is 6.10 Å². The summed E-state index contributed by atoms with van der Waals surface area (Å²) in [6.07, 6.45) is 9.51. The van der Waals surface area contributed by atoms with Crippen molar-refractivity contribution in [2.24, 2.45) is 0 Å². The number of hydrogen-bond acceptors (Lipinski definition) is 2. The van der Waals surface area contributed by atoms with Crippen molar-refractivity contribution in [1.82, 2.24) is 5.32 Å². The van der Waals surface area contributed by atoms with Gasteiger partial charge in [-0.1, -0.05) is 22.4 Å². The van der Waals surface area contributed by atoms with E-state index >= 15 is 0 Å². The maximum Gasteiger partial charge on any atom is 0.124 e. The Morgan fingerprint density at radius 3 is 2.63 bits per heavy atom. The number of ether oxygens (including phenoxy) is 1. The molecule has 0 radical (unpaired) electrons. The van der Waals surface area contributed by atoms with E-state index in [-0.39, 0.29) is 0 Å². The van der Waals surface area contributed by atoms with Crippen molar-refractivity contribution >= 4 is 15.9 Å². The molecule has 1 N–H and O–H groups in total. The first-order chi connectivity index (χ1) is 9.31. The summed E-state index contributed by atoms with van der Waals surface area (Å²) >= 11 is 3.56. The van der Waals surface area contributed by atoms with Crippen LogP contribution in [0.3, 0.4) is 0 Å². The van der Waals surface area contributed by atoms with Gasteiger partial charge in [0.25, 0.3) is 0 Å². The van der Waals surface area contributed by atoms with Crippen molar-refractivity contribution in [2.45, 2.75) is 63.6 Å². The zero-order valence-electron chi connectivity index (χ0n) is 11.3. The quantitative estimate of drug-likeness (QED) is 0.866. The van der Waals surface area contributed by atoms with Gasteiger partial charge in [-0.05, 0) is 56.7 Å². The summed E-state index contributed by atoms with van der Waals surface area (Å²) in [4.78, 5) is 0. The highest BCUT2D eigenvalue weighted by Crippen LogP contribution is 2.29. The van der Waals surface area contributed by atoms with Crippen LogP contribution in [0.1, 0.15) is 50.5 Å². The topological polar surface area (TPSA) is 21.3 Å². The van der Waals surface area contributed by atoms with E-state index in [1.165, 1.54) is 50.5 Å². The lowest BCUT2D eigenvalue weighted by molar-refractivity contribution is 0.153. The van der Waals surface area contributed by atoms with Crippen molar-refractivity contribution in [3.05, 3.63) is 28.2 Å². The molecule has 0 heterocycles. The van der Waals surface area contributed by atoms with E-state index in [2.05, 4.69) is 39.4 Å². The zero-order chi connectivity index (χ0) is 13.1. The molecule has 0 unspecified atom stereocenters. The Balaban J connectivity index is 1.66. The second-order valence-corrected chi connectivity index (χ2v) is 6.70. The van der Waals surface area contributed by atoms with Gasteiger partial charge in [-0.3, -0.25) is 0 Å². The van der Waals surface area contributed by atoms with E-state index < -0.39 is 0 Å². The van der Waals surface area contributed by atoms with Crippen LogP contribution < -0.4 is 10.1 Å². The lowest BCUT2D eigenvalue weighted by Crippen LogP contribution is -2.21. The summed E-state index contributed by atoms with van der Waals surface area (Å²) in [6, 6.07) is 7.12. The molecule has 0 amide bonds. The minimum Gasteiger partial charge on any atom is -0.490 e. The molecule has 0 saturated heterocycles. The van der Waals surface area contributed by atoms with Gasteiger partial charge in [0.15, 0.2) is 0 Å². The molecular weight excluding hydrogens is 302 g/mol. The highest BCUT2D eigenvalue weighted by molar-refractivity contribution is 9.10. The molecule has 1 aromatic carbocycles. The number of halogens is 1. The van der Waals surface area contributed by atoms with E-state index in [0.717, 1.165) is 22.8 Å². The zero-order valence-corrected chi connectivity index (χ0v) is 12.9. The van der Waals surface area contributed by atoms with Crippen LogP contribution in [0.4, 0.5) is 0 Å². The molecule has 1 aromatic rings. The molecule has 0 spiro atoms. The summed E-state index contributed by atoms with van der Waals surface area (Å²) in [6.45, 7) is 0.923. The normalized spacial score (nSPS) is 20.5. The van der Waals surface area contributed by atoms with Crippen LogP contribution in [0, 0.1) is 0 Å². The molecule has 19 heavy (non-hydrogen) atoms. The van der Waals surface area contributed by atoms with E-state index in [9.17, 15) is 0 Å². The minimum atomic E-state index is 0.426. The third-order valence-corrected chi connectivity index (χ3v) is 4.52. The number of rotatable bonds is 5. The Hall–Kier alpha value is -0.540. The Morgan fingerprint density at radius 1 is 1.11 bits per heavy atom. The summed E-state index contributed by atoms with van der Waals surface area (Å²) < 4.78 is 7.37. The van der Waals surface area contributed by atoms with Crippen LogP contribution in [0.15, 0.2) is 22.7 Å². The van der Waals surface area contributed by atoms with Crippen LogP contribution in [0.5, 0.6) is 5.75 Å². The van der Waals surface area contributed by atoms with Crippen LogP contribution in [-0.4, -0.2) is 12.1 Å². The molecule has 2 nitrogen and oxygen atoms in total. The van der Waals surface area contributed by atoms with Gasteiger partial charge < -0.3 is 10.1 Å². The van der Waals surface area contributed by atoms with Crippen molar-refractivity contribution in [3.8, 4) is 5.75 Å². The van der Waals surface area contributed by atoms with E-state index in [1.54, 1.807) is 0 Å². The maximum absolute atomic E-state index is 6.23. The van der Waals surface area contributed by atoms with Crippen LogP contribution >= 0.6 is 15.9 Å². The second-order valence-electron chi connectivity index (χ2n) is 5.79. The third kappa shape index (κ3) is 3.96. The highest BCUT2D eigenvalue weighted by atomic mass is 79.9. The fourth-order valence-electron chi connectivity index (χ4n) is 2.71. The Bertz CT molecular complexity index is 425. The Morgan fingerprint density at radius 2 is 1.89 bits per heavy atom. The third-order valence-electron chi connectivity index (χ3n) is 4.03. The molecule has 2 saturated carbocycles. The highest BCUT2D eigenvalue weighted by Gasteiger charge is 2.21. The summed E-state index contributed by atoms with van der Waals surface area (Å²) in [7, 11) is 0. The Kier molecular flexibility index (Phi) is 4.44. The molecule has 0 aliphatic heterocycles. The summed E-state index contributed by atoms with van der Waals surface area (Å²) in [5, 5.41) is 3.58. The smallest absolute Gasteiger partial charge is 0.124 e. The molecule has 2 aliphatic carbocycles. The van der Waals surface area contributed by atoms with Gasteiger partial charge in [-0.15, -0.1) is 0 Å². The molecule has 3 heteroatoms. The standard InChI is InChI=1S/C16H22BrNO/c17-13-6-9-16(19-15-4-2-1-3-5-15)12(10-13)11-18-14-7-8-14/h6,9-10,14-15,18H,1-5,7-8,11H2. The van der Waals surface area contributed by atoms with Crippen molar-refractivity contribution < 1.29 is 4.74 Å². The fourth-order valence-corrected chi connectivity index (χ4v) is 3.11. The lowest BCUT2D eigenvalue weighted by atomic mass is 9.97. The lowest BCUT2D eigenvalue weighted by Gasteiger charge is -2.24. The van der Waals surface area contributed by atoms with E-state index in [4.69, 9.17) is 4.74 Å². The Labute approximate surface area is 124 Å². The maximum atomic E-state index is 6.23. The molecule has 0 bridgehead atoms. The van der Waals surface area contributed by atoms with Gasteiger partial charge in [0.2, 0.25) is 0 Å². The molecule has 3 rings (SSSR count). The van der Waals surface area contributed by atoms with Gasteiger partial charge in [0.1, 0.15) is 5.75 Å². The number of hydrogen-bond donors (Lipinski definition) is 1. The van der Waals surface area contributed by atoms with Crippen LogP contribution in [0.25, 0.3) is 0 Å². The van der Waals surface area contributed by atoms with Crippen LogP contribution in [0.2, 0.25) is 0 Å².